The standard InChI is InChI=1S/C14H18N2O.ClH/c15-12-14(17)7-10-16(11-8-14)9-6-13-4-2-1-3-5-13;/h1-5,17H,6-11H2;1H. The first-order chi connectivity index (χ1) is 8.22. The van der Waals surface area contributed by atoms with E-state index in [1.165, 1.54) is 5.56 Å². The van der Waals surface area contributed by atoms with E-state index in [1.807, 2.05) is 12.1 Å². The van der Waals surface area contributed by atoms with Crippen LogP contribution in [0, 0.1) is 11.3 Å². The lowest BCUT2D eigenvalue weighted by molar-refractivity contribution is 0.0258. The Bertz CT molecular complexity index is 394. The van der Waals surface area contributed by atoms with Gasteiger partial charge in [0.25, 0.3) is 0 Å². The minimum atomic E-state index is -1.08. The maximum Gasteiger partial charge on any atom is 0.153 e. The number of hydrogen-bond acceptors (Lipinski definition) is 3. The van der Waals surface area contributed by atoms with Crippen molar-refractivity contribution in [3.05, 3.63) is 35.9 Å². The molecule has 0 aliphatic carbocycles. The van der Waals surface area contributed by atoms with E-state index in [1.54, 1.807) is 0 Å². The number of hydrogen-bond donors (Lipinski definition) is 1. The fourth-order valence-electron chi connectivity index (χ4n) is 2.19. The van der Waals surface area contributed by atoms with Crippen LogP contribution in [0.2, 0.25) is 0 Å². The molecule has 98 valence electrons. The van der Waals surface area contributed by atoms with Crippen molar-refractivity contribution < 1.29 is 5.11 Å². The Labute approximate surface area is 114 Å². The number of nitrogens with zero attached hydrogens (tertiary/aromatic N) is 2. The molecule has 3 nitrogen and oxygen atoms in total. The molecule has 1 aromatic rings. The lowest BCUT2D eigenvalue weighted by Crippen LogP contribution is -2.44. The Morgan fingerprint density at radius 2 is 1.83 bits per heavy atom. The normalized spacial score (nSPS) is 18.7. The van der Waals surface area contributed by atoms with Gasteiger partial charge < -0.3 is 10.0 Å². The number of likely N-dealkylation sites (tertiary alicyclic amines) is 1. The second kappa shape index (κ2) is 6.75. The van der Waals surface area contributed by atoms with Crippen LogP contribution >= 0.6 is 12.4 Å². The van der Waals surface area contributed by atoms with Crippen molar-refractivity contribution in [1.29, 1.82) is 5.26 Å². The molecule has 2 rings (SSSR count). The predicted octanol–water partition coefficient (Wildman–Crippen LogP) is 2.00. The van der Waals surface area contributed by atoms with E-state index in [2.05, 4.69) is 29.2 Å². The lowest BCUT2D eigenvalue weighted by atomic mass is 9.93. The highest BCUT2D eigenvalue weighted by Crippen LogP contribution is 2.21. The summed E-state index contributed by atoms with van der Waals surface area (Å²) in [5, 5.41) is 18.6. The maximum absolute atomic E-state index is 9.80. The van der Waals surface area contributed by atoms with Crippen molar-refractivity contribution in [2.75, 3.05) is 19.6 Å². The minimum absolute atomic E-state index is 0. The molecule has 1 aromatic carbocycles. The number of benzene rings is 1. The molecule has 1 heterocycles. The molecule has 0 bridgehead atoms. The molecule has 1 aliphatic rings. The van der Waals surface area contributed by atoms with Crippen LogP contribution in [-0.2, 0) is 6.42 Å². The van der Waals surface area contributed by atoms with Gasteiger partial charge >= 0.3 is 0 Å². The third kappa shape index (κ3) is 3.99. The van der Waals surface area contributed by atoms with Gasteiger partial charge in [-0.3, -0.25) is 0 Å². The summed E-state index contributed by atoms with van der Waals surface area (Å²) in [6.07, 6.45) is 2.17. The van der Waals surface area contributed by atoms with Crippen LogP contribution in [0.1, 0.15) is 18.4 Å². The van der Waals surface area contributed by atoms with Gasteiger partial charge in [-0.2, -0.15) is 5.26 Å². The average molecular weight is 267 g/mol. The summed E-state index contributed by atoms with van der Waals surface area (Å²) in [5.74, 6) is 0. The fraction of sp³-hybridized carbons (Fsp3) is 0.500. The number of piperidine rings is 1. The molecule has 0 atom stereocenters. The van der Waals surface area contributed by atoms with E-state index < -0.39 is 5.60 Å². The fourth-order valence-corrected chi connectivity index (χ4v) is 2.19. The molecule has 1 saturated heterocycles. The van der Waals surface area contributed by atoms with Crippen molar-refractivity contribution >= 4 is 12.4 Å². The summed E-state index contributed by atoms with van der Waals surface area (Å²) in [6.45, 7) is 2.64. The van der Waals surface area contributed by atoms with Crippen LogP contribution in [0.5, 0.6) is 0 Å². The van der Waals surface area contributed by atoms with E-state index in [4.69, 9.17) is 5.26 Å². The van der Waals surface area contributed by atoms with Gasteiger partial charge in [0, 0.05) is 32.5 Å². The lowest BCUT2D eigenvalue weighted by Gasteiger charge is -2.33. The van der Waals surface area contributed by atoms with Gasteiger partial charge in [-0.1, -0.05) is 30.3 Å². The van der Waals surface area contributed by atoms with E-state index in [0.717, 1.165) is 26.1 Å². The average Bonchev–Trinajstić information content (AvgIpc) is 2.39. The quantitative estimate of drug-likeness (QED) is 0.852. The monoisotopic (exact) mass is 266 g/mol. The van der Waals surface area contributed by atoms with Crippen LogP contribution in [0.25, 0.3) is 0 Å². The number of rotatable bonds is 3. The summed E-state index contributed by atoms with van der Waals surface area (Å²) in [4.78, 5) is 2.32. The summed E-state index contributed by atoms with van der Waals surface area (Å²) >= 11 is 0. The van der Waals surface area contributed by atoms with Crippen molar-refractivity contribution in [1.82, 2.24) is 4.90 Å². The molecule has 0 spiro atoms. The molecular formula is C14H19ClN2O. The molecule has 0 radical (unpaired) electrons. The van der Waals surface area contributed by atoms with Crippen molar-refractivity contribution in [3.8, 4) is 6.07 Å². The Morgan fingerprint density at radius 3 is 2.39 bits per heavy atom. The van der Waals surface area contributed by atoms with E-state index >= 15 is 0 Å². The molecule has 0 aromatic heterocycles. The molecule has 0 amide bonds. The number of nitriles is 1. The summed E-state index contributed by atoms with van der Waals surface area (Å²) in [5.41, 5.74) is 0.261. The van der Waals surface area contributed by atoms with Gasteiger partial charge in [-0.25, -0.2) is 0 Å². The summed E-state index contributed by atoms with van der Waals surface area (Å²) in [7, 11) is 0. The van der Waals surface area contributed by atoms with Gasteiger partial charge in [0.2, 0.25) is 0 Å². The van der Waals surface area contributed by atoms with Crippen molar-refractivity contribution in [2.45, 2.75) is 24.9 Å². The number of aliphatic hydroxyl groups is 1. The van der Waals surface area contributed by atoms with Gasteiger partial charge in [-0.05, 0) is 12.0 Å². The Morgan fingerprint density at radius 1 is 1.22 bits per heavy atom. The summed E-state index contributed by atoms with van der Waals surface area (Å²) in [6, 6.07) is 12.4. The highest BCUT2D eigenvalue weighted by molar-refractivity contribution is 5.85. The maximum atomic E-state index is 9.80. The van der Waals surface area contributed by atoms with Crippen LogP contribution in [-0.4, -0.2) is 35.2 Å². The largest absolute Gasteiger partial charge is 0.375 e. The second-order valence-corrected chi connectivity index (χ2v) is 4.72. The van der Waals surface area contributed by atoms with Crippen molar-refractivity contribution in [3.63, 3.8) is 0 Å². The molecule has 4 heteroatoms. The Kier molecular flexibility index (Phi) is 5.61. The topological polar surface area (TPSA) is 47.3 Å². The number of halogens is 1. The zero-order valence-electron chi connectivity index (χ0n) is 10.4. The molecule has 1 N–H and O–H groups in total. The third-order valence-electron chi connectivity index (χ3n) is 3.45. The summed E-state index contributed by atoms with van der Waals surface area (Å²) < 4.78 is 0. The SMILES string of the molecule is Cl.N#CC1(O)CCN(CCc2ccccc2)CC1. The first-order valence-electron chi connectivity index (χ1n) is 6.12. The van der Waals surface area contributed by atoms with E-state index in [9.17, 15) is 5.11 Å². The van der Waals surface area contributed by atoms with Gasteiger partial charge in [0.15, 0.2) is 5.60 Å². The first kappa shape index (κ1) is 15.0. The van der Waals surface area contributed by atoms with Crippen molar-refractivity contribution in [2.24, 2.45) is 0 Å². The Balaban J connectivity index is 0.00000162. The van der Waals surface area contributed by atoms with Gasteiger partial charge in [-0.15, -0.1) is 12.4 Å². The third-order valence-corrected chi connectivity index (χ3v) is 3.45. The molecule has 0 unspecified atom stereocenters. The van der Waals surface area contributed by atoms with Crippen LogP contribution in [0.4, 0.5) is 0 Å². The molecule has 18 heavy (non-hydrogen) atoms. The molecular weight excluding hydrogens is 248 g/mol. The van der Waals surface area contributed by atoms with E-state index in [-0.39, 0.29) is 12.4 Å². The van der Waals surface area contributed by atoms with Crippen LogP contribution < -0.4 is 0 Å². The smallest absolute Gasteiger partial charge is 0.153 e. The Hall–Kier alpha value is -1.08. The second-order valence-electron chi connectivity index (χ2n) is 4.72. The van der Waals surface area contributed by atoms with Crippen LogP contribution in [0.15, 0.2) is 30.3 Å². The molecule has 1 fully saturated rings. The minimum Gasteiger partial charge on any atom is -0.375 e. The van der Waals surface area contributed by atoms with E-state index in [0.29, 0.717) is 12.8 Å². The zero-order valence-corrected chi connectivity index (χ0v) is 11.2. The van der Waals surface area contributed by atoms with Gasteiger partial charge in [0.1, 0.15) is 0 Å². The zero-order chi connectivity index (χ0) is 12.1. The molecule has 0 saturated carbocycles. The first-order valence-corrected chi connectivity index (χ1v) is 6.12. The predicted molar refractivity (Wildman–Crippen MR) is 73.6 cm³/mol. The van der Waals surface area contributed by atoms with Crippen LogP contribution in [0.3, 0.4) is 0 Å². The highest BCUT2D eigenvalue weighted by atomic mass is 35.5. The van der Waals surface area contributed by atoms with Gasteiger partial charge in [0.05, 0.1) is 6.07 Å². The highest BCUT2D eigenvalue weighted by Gasteiger charge is 2.31. The molecule has 1 aliphatic heterocycles.